The standard InChI is InChI=1S/C20H21N5O3S/c1-13(2)17-9-4-14(3)10-18(17)28-12-19-22-23-20(29)24(19)21-11-15-5-7-16(8-6-15)25(26)27/h4-11,13H,12H2,1-3H3,(H,23,29)/b21-11-. The van der Waals surface area contributed by atoms with Gasteiger partial charge in [-0.2, -0.15) is 14.9 Å². The molecular weight excluding hydrogens is 390 g/mol. The Morgan fingerprint density at radius 2 is 2.03 bits per heavy atom. The number of nitrogens with one attached hydrogen (secondary N) is 1. The summed E-state index contributed by atoms with van der Waals surface area (Å²) in [5.41, 5.74) is 2.95. The molecule has 1 heterocycles. The van der Waals surface area contributed by atoms with Crippen molar-refractivity contribution in [3.63, 3.8) is 0 Å². The summed E-state index contributed by atoms with van der Waals surface area (Å²) in [7, 11) is 0. The second-order valence-electron chi connectivity index (χ2n) is 6.83. The zero-order chi connectivity index (χ0) is 21.0. The van der Waals surface area contributed by atoms with Gasteiger partial charge in [-0.25, -0.2) is 5.10 Å². The monoisotopic (exact) mass is 411 g/mol. The number of nitrogens with zero attached hydrogens (tertiary/aromatic N) is 4. The molecule has 3 aromatic rings. The van der Waals surface area contributed by atoms with E-state index < -0.39 is 4.92 Å². The van der Waals surface area contributed by atoms with Crippen LogP contribution >= 0.6 is 12.2 Å². The highest BCUT2D eigenvalue weighted by molar-refractivity contribution is 7.71. The summed E-state index contributed by atoms with van der Waals surface area (Å²) >= 11 is 5.25. The number of H-pyrrole nitrogens is 1. The smallest absolute Gasteiger partial charge is 0.269 e. The van der Waals surface area contributed by atoms with E-state index >= 15 is 0 Å². The van der Waals surface area contributed by atoms with Gasteiger partial charge in [-0.1, -0.05) is 26.0 Å². The van der Waals surface area contributed by atoms with Crippen LogP contribution in [0.2, 0.25) is 0 Å². The van der Waals surface area contributed by atoms with Gasteiger partial charge in [0.15, 0.2) is 5.82 Å². The maximum Gasteiger partial charge on any atom is 0.269 e. The maximum atomic E-state index is 10.7. The van der Waals surface area contributed by atoms with Crippen molar-refractivity contribution >= 4 is 24.1 Å². The fourth-order valence-electron chi connectivity index (χ4n) is 2.73. The lowest BCUT2D eigenvalue weighted by atomic mass is 10.0. The predicted octanol–water partition coefficient (Wildman–Crippen LogP) is 4.74. The summed E-state index contributed by atoms with van der Waals surface area (Å²) in [4.78, 5) is 10.3. The second-order valence-corrected chi connectivity index (χ2v) is 7.22. The molecule has 3 rings (SSSR count). The fraction of sp³-hybridized carbons (Fsp3) is 0.250. The minimum Gasteiger partial charge on any atom is -0.485 e. The molecule has 0 aliphatic carbocycles. The van der Waals surface area contributed by atoms with Crippen LogP contribution in [0.3, 0.4) is 0 Å². The van der Waals surface area contributed by atoms with E-state index in [9.17, 15) is 10.1 Å². The van der Waals surface area contributed by atoms with Gasteiger partial charge in [0.1, 0.15) is 12.4 Å². The van der Waals surface area contributed by atoms with Crippen molar-refractivity contribution in [1.82, 2.24) is 14.9 Å². The molecule has 0 radical (unpaired) electrons. The molecule has 2 aromatic carbocycles. The Balaban J connectivity index is 1.79. The van der Waals surface area contributed by atoms with Crippen LogP contribution in [0, 0.1) is 21.8 Å². The van der Waals surface area contributed by atoms with Crippen LogP contribution in [0.1, 0.15) is 42.3 Å². The van der Waals surface area contributed by atoms with E-state index in [-0.39, 0.29) is 12.3 Å². The lowest BCUT2D eigenvalue weighted by molar-refractivity contribution is -0.384. The number of rotatable bonds is 7. The summed E-state index contributed by atoms with van der Waals surface area (Å²) in [5.74, 6) is 1.65. The number of aryl methyl sites for hydroxylation is 1. The second kappa shape index (κ2) is 8.78. The SMILES string of the molecule is Cc1ccc(C(C)C)c(OCc2n[nH]c(=S)n2/N=C\c2ccc([N+](=O)[O-])cc2)c1. The number of hydrogen-bond donors (Lipinski definition) is 1. The Hall–Kier alpha value is -3.33. The van der Waals surface area contributed by atoms with Crippen molar-refractivity contribution in [3.8, 4) is 5.75 Å². The summed E-state index contributed by atoms with van der Waals surface area (Å²) in [6, 6.07) is 12.2. The Morgan fingerprint density at radius 3 is 2.69 bits per heavy atom. The van der Waals surface area contributed by atoms with Gasteiger partial charge in [-0.05, 0) is 59.9 Å². The van der Waals surface area contributed by atoms with E-state index in [2.05, 4.69) is 41.3 Å². The zero-order valence-electron chi connectivity index (χ0n) is 16.3. The molecule has 0 spiro atoms. The molecule has 0 aliphatic heterocycles. The van der Waals surface area contributed by atoms with Crippen LogP contribution in [0.15, 0.2) is 47.6 Å². The number of ether oxygens (including phenoxy) is 1. The Kier molecular flexibility index (Phi) is 6.18. The van der Waals surface area contributed by atoms with Crippen molar-refractivity contribution in [2.45, 2.75) is 33.3 Å². The van der Waals surface area contributed by atoms with E-state index in [1.54, 1.807) is 18.3 Å². The van der Waals surface area contributed by atoms with Crippen LogP contribution in [-0.4, -0.2) is 26.0 Å². The van der Waals surface area contributed by atoms with Crippen LogP contribution in [0.5, 0.6) is 5.75 Å². The molecule has 1 N–H and O–H groups in total. The highest BCUT2D eigenvalue weighted by Crippen LogP contribution is 2.28. The highest BCUT2D eigenvalue weighted by Gasteiger charge is 2.11. The van der Waals surface area contributed by atoms with E-state index in [0.29, 0.717) is 22.1 Å². The first-order valence-electron chi connectivity index (χ1n) is 9.03. The third kappa shape index (κ3) is 4.94. The quantitative estimate of drug-likeness (QED) is 0.262. The largest absolute Gasteiger partial charge is 0.485 e. The van der Waals surface area contributed by atoms with E-state index in [4.69, 9.17) is 17.0 Å². The molecule has 0 aliphatic rings. The van der Waals surface area contributed by atoms with Crippen molar-refractivity contribution in [2.75, 3.05) is 0 Å². The molecule has 9 heteroatoms. The number of non-ortho nitro benzene ring substituents is 1. The first-order valence-corrected chi connectivity index (χ1v) is 9.44. The van der Waals surface area contributed by atoms with Gasteiger partial charge in [-0.15, -0.1) is 0 Å². The molecule has 150 valence electrons. The molecule has 0 amide bonds. The molecule has 0 unspecified atom stereocenters. The van der Waals surface area contributed by atoms with Crippen molar-refractivity contribution in [2.24, 2.45) is 5.10 Å². The summed E-state index contributed by atoms with van der Waals surface area (Å²) in [6.45, 7) is 6.43. The van der Waals surface area contributed by atoms with Crippen molar-refractivity contribution in [3.05, 3.63) is 79.9 Å². The normalized spacial score (nSPS) is 11.3. The molecular formula is C20H21N5O3S. The molecule has 8 nitrogen and oxygen atoms in total. The molecule has 0 bridgehead atoms. The molecule has 29 heavy (non-hydrogen) atoms. The van der Waals surface area contributed by atoms with Crippen molar-refractivity contribution < 1.29 is 9.66 Å². The van der Waals surface area contributed by atoms with Gasteiger partial charge in [0.25, 0.3) is 5.69 Å². The number of aromatic nitrogens is 3. The van der Waals surface area contributed by atoms with Gasteiger partial charge >= 0.3 is 0 Å². The lowest BCUT2D eigenvalue weighted by Crippen LogP contribution is -2.06. The van der Waals surface area contributed by atoms with E-state index in [1.807, 2.05) is 13.0 Å². The Bertz CT molecular complexity index is 1100. The fourth-order valence-corrected chi connectivity index (χ4v) is 2.93. The Morgan fingerprint density at radius 1 is 1.31 bits per heavy atom. The van der Waals surface area contributed by atoms with Crippen molar-refractivity contribution in [1.29, 1.82) is 0 Å². The third-order valence-corrected chi connectivity index (χ3v) is 4.56. The van der Waals surface area contributed by atoms with Gasteiger partial charge in [0, 0.05) is 12.1 Å². The number of aromatic amines is 1. The average Bonchev–Trinajstić information content (AvgIpc) is 3.04. The molecule has 0 saturated carbocycles. The predicted molar refractivity (Wildman–Crippen MR) is 113 cm³/mol. The molecule has 0 atom stereocenters. The first kappa shape index (κ1) is 20.4. The minimum atomic E-state index is -0.445. The van der Waals surface area contributed by atoms with Gasteiger partial charge in [0.05, 0.1) is 11.1 Å². The van der Waals surface area contributed by atoms with E-state index in [1.165, 1.54) is 16.8 Å². The molecule has 1 aromatic heterocycles. The maximum absolute atomic E-state index is 10.7. The summed E-state index contributed by atoms with van der Waals surface area (Å²) in [6.07, 6.45) is 1.56. The molecule has 0 saturated heterocycles. The number of benzene rings is 2. The van der Waals surface area contributed by atoms with Gasteiger partial charge < -0.3 is 4.74 Å². The first-order chi connectivity index (χ1) is 13.8. The zero-order valence-corrected chi connectivity index (χ0v) is 17.1. The topological polar surface area (TPSA) is 98.3 Å². The molecule has 0 fully saturated rings. The number of nitro benzene ring substituents is 1. The van der Waals surface area contributed by atoms with Gasteiger partial charge in [0.2, 0.25) is 4.77 Å². The summed E-state index contributed by atoms with van der Waals surface area (Å²) < 4.78 is 7.82. The Labute approximate surface area is 173 Å². The average molecular weight is 411 g/mol. The summed E-state index contributed by atoms with van der Waals surface area (Å²) in [5, 5.41) is 22.0. The van der Waals surface area contributed by atoms with Crippen LogP contribution in [-0.2, 0) is 6.61 Å². The van der Waals surface area contributed by atoms with Crippen LogP contribution in [0.25, 0.3) is 0 Å². The lowest BCUT2D eigenvalue weighted by Gasteiger charge is -2.14. The number of nitro groups is 1. The van der Waals surface area contributed by atoms with Crippen LogP contribution in [0.4, 0.5) is 5.69 Å². The highest BCUT2D eigenvalue weighted by atomic mass is 32.1. The van der Waals surface area contributed by atoms with Gasteiger partial charge in [-0.3, -0.25) is 10.1 Å². The number of hydrogen-bond acceptors (Lipinski definition) is 6. The minimum absolute atomic E-state index is 0.0234. The third-order valence-electron chi connectivity index (χ3n) is 4.29. The van der Waals surface area contributed by atoms with Crippen LogP contribution < -0.4 is 4.74 Å². The van der Waals surface area contributed by atoms with E-state index in [0.717, 1.165) is 16.9 Å².